The van der Waals surface area contributed by atoms with Gasteiger partial charge in [-0.05, 0) is 73.1 Å². The second-order valence-corrected chi connectivity index (χ2v) is 9.97. The molecule has 30 heavy (non-hydrogen) atoms. The van der Waals surface area contributed by atoms with Crippen molar-refractivity contribution in [1.29, 1.82) is 0 Å². The zero-order chi connectivity index (χ0) is 21.1. The van der Waals surface area contributed by atoms with Gasteiger partial charge in [0.15, 0.2) is 0 Å². The highest BCUT2D eigenvalue weighted by Crippen LogP contribution is 2.28. The molecule has 1 aliphatic heterocycles. The van der Waals surface area contributed by atoms with Gasteiger partial charge >= 0.3 is 0 Å². The predicted octanol–water partition coefficient (Wildman–Crippen LogP) is 2.90. The molecule has 0 atom stereocenters. The van der Waals surface area contributed by atoms with Crippen LogP contribution in [0.2, 0.25) is 0 Å². The average molecular weight is 429 g/mol. The van der Waals surface area contributed by atoms with Crippen LogP contribution < -0.4 is 10.1 Å². The van der Waals surface area contributed by atoms with E-state index in [9.17, 15) is 13.2 Å². The van der Waals surface area contributed by atoms with Gasteiger partial charge in [0, 0.05) is 25.6 Å². The molecule has 0 unspecified atom stereocenters. The Kier molecular flexibility index (Phi) is 6.11. The topological polar surface area (TPSA) is 75.7 Å². The molecular weight excluding hydrogens is 400 g/mol. The molecule has 2 aromatic rings. The molecule has 0 radical (unpaired) electrons. The Labute approximate surface area is 178 Å². The molecule has 1 N–H and O–H groups in total. The summed E-state index contributed by atoms with van der Waals surface area (Å²) in [4.78, 5) is 12.9. The largest absolute Gasteiger partial charge is 0.497 e. The second-order valence-electron chi connectivity index (χ2n) is 8.03. The highest BCUT2D eigenvalue weighted by Gasteiger charge is 2.32. The molecule has 1 fully saturated rings. The van der Waals surface area contributed by atoms with Crippen molar-refractivity contribution in [2.24, 2.45) is 5.92 Å². The molecule has 1 saturated heterocycles. The minimum Gasteiger partial charge on any atom is -0.497 e. The number of rotatable bonds is 6. The number of fused-ring (bicyclic) bond motifs is 1. The maximum atomic E-state index is 13.0. The molecule has 1 heterocycles. The first kappa shape index (κ1) is 20.9. The van der Waals surface area contributed by atoms with E-state index in [1.807, 2.05) is 36.4 Å². The Balaban J connectivity index is 1.32. The zero-order valence-corrected chi connectivity index (χ0v) is 18.1. The lowest BCUT2D eigenvalue weighted by Gasteiger charge is -2.30. The number of hydrogen-bond donors (Lipinski definition) is 1. The van der Waals surface area contributed by atoms with E-state index in [0.717, 1.165) is 36.1 Å². The summed E-state index contributed by atoms with van der Waals surface area (Å²) in [6.07, 6.45) is 4.16. The van der Waals surface area contributed by atoms with Gasteiger partial charge in [-0.3, -0.25) is 4.79 Å². The number of carbonyl (C=O) groups is 1. The number of piperidine rings is 1. The van der Waals surface area contributed by atoms with Gasteiger partial charge in [-0.25, -0.2) is 8.42 Å². The van der Waals surface area contributed by atoms with Gasteiger partial charge in [0.05, 0.1) is 12.0 Å². The van der Waals surface area contributed by atoms with E-state index in [0.29, 0.717) is 37.4 Å². The lowest BCUT2D eigenvalue weighted by atomic mass is 9.97. The van der Waals surface area contributed by atoms with E-state index in [1.54, 1.807) is 13.2 Å². The second kappa shape index (κ2) is 8.78. The van der Waals surface area contributed by atoms with Crippen molar-refractivity contribution in [3.63, 3.8) is 0 Å². The van der Waals surface area contributed by atoms with Crippen LogP contribution in [0.3, 0.4) is 0 Å². The number of benzene rings is 2. The molecule has 6 nitrogen and oxygen atoms in total. The van der Waals surface area contributed by atoms with E-state index in [4.69, 9.17) is 4.74 Å². The summed E-state index contributed by atoms with van der Waals surface area (Å²) in [6, 6.07) is 13.1. The molecule has 0 spiro atoms. The third-order valence-corrected chi connectivity index (χ3v) is 8.05. The Morgan fingerprint density at radius 2 is 1.77 bits per heavy atom. The van der Waals surface area contributed by atoms with Crippen molar-refractivity contribution in [3.05, 3.63) is 59.2 Å². The number of hydrogen-bond acceptors (Lipinski definition) is 4. The Bertz CT molecular complexity index is 1010. The summed E-state index contributed by atoms with van der Waals surface area (Å²) in [6.45, 7) is 1.20. The lowest BCUT2D eigenvalue weighted by Crippen LogP contribution is -2.42. The third kappa shape index (κ3) is 4.37. The van der Waals surface area contributed by atoms with Gasteiger partial charge in [-0.2, -0.15) is 4.31 Å². The number of sulfonamides is 1. The van der Waals surface area contributed by atoms with E-state index in [-0.39, 0.29) is 11.8 Å². The molecule has 160 valence electrons. The van der Waals surface area contributed by atoms with Crippen molar-refractivity contribution < 1.29 is 17.9 Å². The maximum Gasteiger partial charge on any atom is 0.243 e. The number of nitrogens with one attached hydrogen (secondary N) is 1. The van der Waals surface area contributed by atoms with Crippen LogP contribution in [0.25, 0.3) is 0 Å². The SMILES string of the molecule is COc1ccc(CNC(=O)C2CCN(S(=O)(=O)c3ccc4c(c3)CCC4)CC2)cc1. The average Bonchev–Trinajstić information content (AvgIpc) is 3.26. The smallest absolute Gasteiger partial charge is 0.243 e. The Hall–Kier alpha value is -2.38. The van der Waals surface area contributed by atoms with Crippen LogP contribution in [-0.4, -0.2) is 38.8 Å². The normalized spacial score (nSPS) is 17.5. The molecular formula is C23H28N2O4S. The van der Waals surface area contributed by atoms with Gasteiger partial charge in [-0.15, -0.1) is 0 Å². The summed E-state index contributed by atoms with van der Waals surface area (Å²) in [5, 5.41) is 2.97. The summed E-state index contributed by atoms with van der Waals surface area (Å²) >= 11 is 0. The highest BCUT2D eigenvalue weighted by atomic mass is 32.2. The fourth-order valence-corrected chi connectivity index (χ4v) is 5.81. The molecule has 4 rings (SSSR count). The first-order chi connectivity index (χ1) is 14.5. The van der Waals surface area contributed by atoms with Crippen LogP contribution in [0.4, 0.5) is 0 Å². The summed E-state index contributed by atoms with van der Waals surface area (Å²) in [5.41, 5.74) is 3.42. The van der Waals surface area contributed by atoms with Gasteiger partial charge in [0.1, 0.15) is 5.75 Å². The standard InChI is InChI=1S/C23H28N2O4S/c1-29-21-8-5-17(6-9-21)16-24-23(26)19-11-13-25(14-12-19)30(27,28)22-10-7-18-3-2-4-20(18)15-22/h5-10,15,19H,2-4,11-14,16H2,1H3,(H,24,26). The third-order valence-electron chi connectivity index (χ3n) is 6.16. The van der Waals surface area contributed by atoms with Crippen molar-refractivity contribution in [1.82, 2.24) is 9.62 Å². The van der Waals surface area contributed by atoms with Crippen LogP contribution in [0.15, 0.2) is 47.4 Å². The monoisotopic (exact) mass is 428 g/mol. The van der Waals surface area contributed by atoms with Gasteiger partial charge < -0.3 is 10.1 Å². The first-order valence-electron chi connectivity index (χ1n) is 10.5. The van der Waals surface area contributed by atoms with Crippen LogP contribution in [-0.2, 0) is 34.2 Å². The first-order valence-corrected chi connectivity index (χ1v) is 11.9. The van der Waals surface area contributed by atoms with Crippen molar-refractivity contribution in [2.45, 2.75) is 43.5 Å². The summed E-state index contributed by atoms with van der Waals surface area (Å²) in [7, 11) is -1.89. The van der Waals surface area contributed by atoms with Crippen molar-refractivity contribution in [3.8, 4) is 5.75 Å². The van der Waals surface area contributed by atoms with Crippen molar-refractivity contribution >= 4 is 15.9 Å². The number of ether oxygens (including phenoxy) is 1. The minimum atomic E-state index is -3.50. The number of methoxy groups -OCH3 is 1. The van der Waals surface area contributed by atoms with Crippen LogP contribution >= 0.6 is 0 Å². The lowest BCUT2D eigenvalue weighted by molar-refractivity contribution is -0.126. The fourth-order valence-electron chi connectivity index (χ4n) is 4.29. The Morgan fingerprint density at radius 1 is 1.07 bits per heavy atom. The quantitative estimate of drug-likeness (QED) is 0.768. The van der Waals surface area contributed by atoms with Gasteiger partial charge in [0.2, 0.25) is 15.9 Å². The number of nitrogens with zero attached hydrogens (tertiary/aromatic N) is 1. The number of amides is 1. The van der Waals surface area contributed by atoms with E-state index >= 15 is 0 Å². The minimum absolute atomic E-state index is 0.0135. The van der Waals surface area contributed by atoms with Crippen LogP contribution in [0.1, 0.15) is 36.0 Å². The maximum absolute atomic E-state index is 13.0. The van der Waals surface area contributed by atoms with Crippen LogP contribution in [0, 0.1) is 5.92 Å². The molecule has 2 aliphatic rings. The molecule has 2 aromatic carbocycles. The summed E-state index contributed by atoms with van der Waals surface area (Å²) < 4.78 is 32.7. The van der Waals surface area contributed by atoms with Crippen LogP contribution in [0.5, 0.6) is 5.75 Å². The zero-order valence-electron chi connectivity index (χ0n) is 17.3. The van der Waals surface area contributed by atoms with Gasteiger partial charge in [0.25, 0.3) is 0 Å². The molecule has 7 heteroatoms. The molecule has 1 aliphatic carbocycles. The molecule has 0 aromatic heterocycles. The molecule has 0 saturated carbocycles. The number of carbonyl (C=O) groups excluding carboxylic acids is 1. The highest BCUT2D eigenvalue weighted by molar-refractivity contribution is 7.89. The van der Waals surface area contributed by atoms with E-state index in [1.165, 1.54) is 9.87 Å². The Morgan fingerprint density at radius 3 is 2.47 bits per heavy atom. The fraction of sp³-hybridized carbons (Fsp3) is 0.435. The predicted molar refractivity (Wildman–Crippen MR) is 115 cm³/mol. The van der Waals surface area contributed by atoms with Gasteiger partial charge in [-0.1, -0.05) is 18.2 Å². The van der Waals surface area contributed by atoms with Crippen molar-refractivity contribution in [2.75, 3.05) is 20.2 Å². The number of aryl methyl sites for hydroxylation is 2. The van der Waals surface area contributed by atoms with E-state index < -0.39 is 10.0 Å². The van der Waals surface area contributed by atoms with E-state index in [2.05, 4.69) is 5.32 Å². The molecule has 1 amide bonds. The molecule has 0 bridgehead atoms. The summed E-state index contributed by atoms with van der Waals surface area (Å²) in [5.74, 6) is 0.608.